The summed E-state index contributed by atoms with van der Waals surface area (Å²) in [6, 6.07) is 14.4. The van der Waals surface area contributed by atoms with Gasteiger partial charge >= 0.3 is 24.0 Å². The Balaban J connectivity index is 1.27. The Morgan fingerprint density at radius 3 is 2.00 bits per heavy atom. The van der Waals surface area contributed by atoms with Crippen LogP contribution in [0.15, 0.2) is 48.5 Å². The number of hydrogen-bond donors (Lipinski definition) is 2. The normalized spacial score (nSPS) is 22.7. The molecule has 1 heterocycles. The Morgan fingerprint density at radius 1 is 0.851 bits per heavy atom. The van der Waals surface area contributed by atoms with Crippen LogP contribution in [-0.2, 0) is 42.8 Å². The highest BCUT2D eigenvalue weighted by Gasteiger charge is 2.41. The van der Waals surface area contributed by atoms with Gasteiger partial charge in [0.05, 0.1) is 18.9 Å². The Hall–Kier alpha value is -4.00. The zero-order valence-corrected chi connectivity index (χ0v) is 27.7. The van der Waals surface area contributed by atoms with E-state index in [1.54, 1.807) is 20.8 Å². The minimum atomic E-state index is -1.36. The van der Waals surface area contributed by atoms with E-state index in [4.69, 9.17) is 28.4 Å². The van der Waals surface area contributed by atoms with Crippen LogP contribution in [0.2, 0.25) is 0 Å². The predicted molar refractivity (Wildman–Crippen MR) is 169 cm³/mol. The van der Waals surface area contributed by atoms with E-state index in [2.05, 4.69) is 5.32 Å². The molecule has 47 heavy (non-hydrogen) atoms. The smallest absolute Gasteiger partial charge is 0.407 e. The van der Waals surface area contributed by atoms with Gasteiger partial charge in [-0.15, -0.1) is 0 Å². The number of methoxy groups -OCH3 is 1. The summed E-state index contributed by atoms with van der Waals surface area (Å²) in [7, 11) is 1.50. The highest BCUT2D eigenvalue weighted by molar-refractivity contribution is 5.83. The lowest BCUT2D eigenvalue weighted by molar-refractivity contribution is -0.261. The first-order chi connectivity index (χ1) is 22.3. The first-order valence-corrected chi connectivity index (χ1v) is 15.8. The quantitative estimate of drug-likeness (QED) is 0.251. The maximum Gasteiger partial charge on any atom is 0.407 e. The molecule has 6 atom stereocenters. The molecule has 0 radical (unpaired) electrons. The first-order valence-electron chi connectivity index (χ1n) is 15.8. The number of amides is 1. The maximum atomic E-state index is 12.9. The summed E-state index contributed by atoms with van der Waals surface area (Å²) in [6.07, 6.45) is -3.71. The topological polar surface area (TPSA) is 156 Å². The van der Waals surface area contributed by atoms with Crippen LogP contribution in [0.5, 0.6) is 0 Å². The largest absolute Gasteiger partial charge is 0.463 e. The molecule has 2 aromatic carbocycles. The molecule has 2 aliphatic rings. The summed E-state index contributed by atoms with van der Waals surface area (Å²) in [4.78, 5) is 50.6. The van der Waals surface area contributed by atoms with Crippen molar-refractivity contribution < 1.29 is 52.7 Å². The van der Waals surface area contributed by atoms with Crippen molar-refractivity contribution in [3.63, 3.8) is 0 Å². The lowest BCUT2D eigenvalue weighted by Gasteiger charge is -2.41. The van der Waals surface area contributed by atoms with Crippen molar-refractivity contribution in [3.8, 4) is 11.1 Å². The van der Waals surface area contributed by atoms with E-state index in [9.17, 15) is 24.3 Å². The fraction of sp³-hybridized carbons (Fsp3) is 0.543. The number of fused-ring (bicyclic) bond motifs is 3. The van der Waals surface area contributed by atoms with E-state index in [0.717, 1.165) is 22.3 Å². The van der Waals surface area contributed by atoms with E-state index >= 15 is 0 Å². The fourth-order valence-electron chi connectivity index (χ4n) is 5.71. The molecule has 1 saturated heterocycles. The summed E-state index contributed by atoms with van der Waals surface area (Å²) >= 11 is 0. The van der Waals surface area contributed by atoms with Gasteiger partial charge in [0.25, 0.3) is 0 Å². The lowest BCUT2D eigenvalue weighted by Crippen LogP contribution is -2.51. The van der Waals surface area contributed by atoms with Crippen molar-refractivity contribution >= 4 is 24.0 Å². The Bertz CT molecular complexity index is 1370. The molecule has 2 unspecified atom stereocenters. The van der Waals surface area contributed by atoms with Crippen LogP contribution in [0, 0.1) is 11.8 Å². The summed E-state index contributed by atoms with van der Waals surface area (Å²) in [6.45, 7) is 8.04. The van der Waals surface area contributed by atoms with Crippen molar-refractivity contribution in [1.82, 2.24) is 5.32 Å². The second-order valence-electron chi connectivity index (χ2n) is 12.9. The van der Waals surface area contributed by atoms with Gasteiger partial charge < -0.3 is 38.8 Å². The Labute approximate surface area is 275 Å². The molecule has 0 aromatic heterocycles. The molecular weight excluding hydrogens is 610 g/mol. The van der Waals surface area contributed by atoms with Crippen molar-refractivity contribution in [2.24, 2.45) is 11.8 Å². The molecule has 1 amide bonds. The fourth-order valence-corrected chi connectivity index (χ4v) is 5.71. The number of benzene rings is 2. The van der Waals surface area contributed by atoms with E-state index < -0.39 is 60.7 Å². The zero-order chi connectivity index (χ0) is 34.3. The number of hydrogen-bond acceptors (Lipinski definition) is 11. The molecule has 1 aliphatic carbocycles. The van der Waals surface area contributed by atoms with E-state index in [-0.39, 0.29) is 43.8 Å². The number of ether oxygens (including phenoxy) is 6. The third kappa shape index (κ3) is 9.30. The van der Waals surface area contributed by atoms with Gasteiger partial charge in [-0.05, 0) is 48.9 Å². The van der Waals surface area contributed by atoms with Crippen LogP contribution in [0.3, 0.4) is 0 Å². The molecule has 0 bridgehead atoms. The van der Waals surface area contributed by atoms with Crippen LogP contribution in [0.4, 0.5) is 4.79 Å². The molecule has 256 valence electrons. The molecular formula is C35H45NO11. The summed E-state index contributed by atoms with van der Waals surface area (Å²) < 4.78 is 32.4. The van der Waals surface area contributed by atoms with Gasteiger partial charge in [-0.1, -0.05) is 62.4 Å². The SMILES string of the molecule is CO[C@H]1OC(COC(=O)CCC(=O)OC[C@H](NC(=O)OCC2c3ccccc3-c3ccccc32)C(=O)OC(C)(C)C)[C@@H](O)[C@H](C)C1C. The number of rotatable bonds is 12. The number of esters is 3. The van der Waals surface area contributed by atoms with Crippen molar-refractivity contribution in [2.75, 3.05) is 26.9 Å². The van der Waals surface area contributed by atoms with Gasteiger partial charge in [0.2, 0.25) is 0 Å². The minimum absolute atomic E-state index is 0.0236. The van der Waals surface area contributed by atoms with Crippen LogP contribution >= 0.6 is 0 Å². The molecule has 4 rings (SSSR count). The van der Waals surface area contributed by atoms with Gasteiger partial charge in [0.1, 0.15) is 31.5 Å². The van der Waals surface area contributed by atoms with Gasteiger partial charge in [-0.2, -0.15) is 0 Å². The molecule has 2 aromatic rings. The van der Waals surface area contributed by atoms with Crippen molar-refractivity contribution in [3.05, 3.63) is 59.7 Å². The Kier molecular flexibility index (Phi) is 12.0. The lowest BCUT2D eigenvalue weighted by atomic mass is 9.85. The van der Waals surface area contributed by atoms with Crippen molar-refractivity contribution in [2.45, 2.75) is 83.5 Å². The third-order valence-electron chi connectivity index (χ3n) is 8.40. The summed E-state index contributed by atoms with van der Waals surface area (Å²) in [5, 5.41) is 13.0. The van der Waals surface area contributed by atoms with Gasteiger partial charge in [0, 0.05) is 18.9 Å². The second kappa shape index (κ2) is 15.7. The number of aliphatic hydroxyl groups excluding tert-OH is 1. The van der Waals surface area contributed by atoms with Gasteiger partial charge in [0.15, 0.2) is 12.3 Å². The number of carbonyl (C=O) groups excluding carboxylic acids is 4. The van der Waals surface area contributed by atoms with Crippen LogP contribution in [0.25, 0.3) is 11.1 Å². The molecule has 0 saturated carbocycles. The van der Waals surface area contributed by atoms with Crippen LogP contribution in [-0.4, -0.2) is 86.2 Å². The molecule has 1 aliphatic heterocycles. The average molecular weight is 656 g/mol. The molecule has 0 spiro atoms. The molecule has 12 heteroatoms. The summed E-state index contributed by atoms with van der Waals surface area (Å²) in [5.74, 6) is -2.69. The number of nitrogens with one attached hydrogen (secondary N) is 1. The Morgan fingerprint density at radius 2 is 1.43 bits per heavy atom. The second-order valence-corrected chi connectivity index (χ2v) is 12.9. The van der Waals surface area contributed by atoms with Crippen molar-refractivity contribution in [1.29, 1.82) is 0 Å². The number of carbonyl (C=O) groups is 4. The van der Waals surface area contributed by atoms with E-state index in [1.807, 2.05) is 62.4 Å². The minimum Gasteiger partial charge on any atom is -0.463 e. The predicted octanol–water partition coefficient (Wildman–Crippen LogP) is 4.11. The molecule has 1 fully saturated rings. The maximum absolute atomic E-state index is 12.9. The summed E-state index contributed by atoms with van der Waals surface area (Å²) in [5.41, 5.74) is 3.33. The van der Waals surface area contributed by atoms with E-state index in [0.29, 0.717) is 0 Å². The highest BCUT2D eigenvalue weighted by atomic mass is 16.7. The molecule has 12 nitrogen and oxygen atoms in total. The van der Waals surface area contributed by atoms with Crippen LogP contribution in [0.1, 0.15) is 64.5 Å². The van der Waals surface area contributed by atoms with Gasteiger partial charge in [-0.3, -0.25) is 9.59 Å². The highest BCUT2D eigenvalue weighted by Crippen LogP contribution is 2.44. The zero-order valence-electron chi connectivity index (χ0n) is 27.7. The van der Waals surface area contributed by atoms with Gasteiger partial charge in [-0.25, -0.2) is 9.59 Å². The third-order valence-corrected chi connectivity index (χ3v) is 8.40. The van der Waals surface area contributed by atoms with E-state index in [1.165, 1.54) is 7.11 Å². The monoisotopic (exact) mass is 655 g/mol. The average Bonchev–Trinajstić information content (AvgIpc) is 3.36. The standard InChI is InChI=1S/C35H45NO11/c1-20-21(2)33(42-6)46-28(31(20)39)19-44-30(38)16-15-29(37)43-18-27(32(40)47-35(3,4)5)36-34(41)45-17-26-24-13-9-7-11-22(24)23-12-8-10-14-25(23)26/h7-14,20-21,26-28,31,33,39H,15-19H2,1-6H3,(H,36,41)/t20-,21?,27+,28?,31+,33+/m1/s1. The van der Waals surface area contributed by atoms with Crippen LogP contribution < -0.4 is 5.32 Å². The molecule has 2 N–H and O–H groups in total. The number of alkyl carbamates (subject to hydrolysis) is 1. The number of aliphatic hydroxyl groups is 1. The first kappa shape index (κ1) is 35.8.